The Kier molecular flexibility index (Phi) is 4.61. The minimum Gasteiger partial charge on any atom is -0.444 e. The summed E-state index contributed by atoms with van der Waals surface area (Å²) in [4.78, 5) is 11.6. The highest BCUT2D eigenvalue weighted by molar-refractivity contribution is 7.89. The van der Waals surface area contributed by atoms with Crippen molar-refractivity contribution in [1.82, 2.24) is 9.19 Å². The summed E-state index contributed by atoms with van der Waals surface area (Å²) in [6.07, 6.45) is 0.456. The maximum Gasteiger partial charge on any atom is 0.413 e. The SMILES string of the molecule is CC(C)(C)OC(=O)Nc1ccn(S(=O)(=O)c2cccc(C#N)c2)n1. The first-order chi connectivity index (χ1) is 11.1. The predicted octanol–water partition coefficient (Wildman–Crippen LogP) is 2.34. The van der Waals surface area contributed by atoms with E-state index in [1.165, 1.54) is 36.5 Å². The van der Waals surface area contributed by atoms with Crippen molar-refractivity contribution in [2.75, 3.05) is 5.32 Å². The van der Waals surface area contributed by atoms with Gasteiger partial charge >= 0.3 is 6.09 Å². The molecule has 0 atom stereocenters. The Balaban J connectivity index is 2.23. The van der Waals surface area contributed by atoms with Gasteiger partial charge in [0.05, 0.1) is 16.5 Å². The quantitative estimate of drug-likeness (QED) is 0.910. The fourth-order valence-electron chi connectivity index (χ4n) is 1.75. The fourth-order valence-corrected chi connectivity index (χ4v) is 2.91. The lowest BCUT2D eigenvalue weighted by atomic mass is 10.2. The van der Waals surface area contributed by atoms with E-state index in [2.05, 4.69) is 10.4 Å². The lowest BCUT2D eigenvalue weighted by Crippen LogP contribution is -2.27. The van der Waals surface area contributed by atoms with Crippen LogP contribution in [-0.4, -0.2) is 29.3 Å². The van der Waals surface area contributed by atoms with Crippen molar-refractivity contribution in [3.05, 3.63) is 42.1 Å². The molecule has 1 aromatic heterocycles. The number of aromatic nitrogens is 2. The third-order valence-electron chi connectivity index (χ3n) is 2.70. The van der Waals surface area contributed by atoms with Crippen LogP contribution in [0.1, 0.15) is 26.3 Å². The number of hydrogen-bond acceptors (Lipinski definition) is 6. The number of anilines is 1. The van der Waals surface area contributed by atoms with E-state index in [0.29, 0.717) is 0 Å². The van der Waals surface area contributed by atoms with Gasteiger partial charge in [-0.25, -0.2) is 4.79 Å². The van der Waals surface area contributed by atoms with E-state index < -0.39 is 21.7 Å². The van der Waals surface area contributed by atoms with Gasteiger partial charge in [0, 0.05) is 12.3 Å². The third-order valence-corrected chi connectivity index (χ3v) is 4.25. The maximum absolute atomic E-state index is 12.5. The molecule has 2 rings (SSSR count). The Morgan fingerprint density at radius 3 is 2.67 bits per heavy atom. The van der Waals surface area contributed by atoms with Crippen molar-refractivity contribution in [3.8, 4) is 6.07 Å². The molecular weight excluding hydrogens is 332 g/mol. The first kappa shape index (κ1) is 17.5. The summed E-state index contributed by atoms with van der Waals surface area (Å²) in [7, 11) is -3.96. The van der Waals surface area contributed by atoms with Gasteiger partial charge in [0.15, 0.2) is 5.82 Å². The molecule has 24 heavy (non-hydrogen) atoms. The van der Waals surface area contributed by atoms with E-state index in [-0.39, 0.29) is 16.3 Å². The van der Waals surface area contributed by atoms with Crippen LogP contribution in [0.4, 0.5) is 10.6 Å². The van der Waals surface area contributed by atoms with E-state index in [9.17, 15) is 13.2 Å². The highest BCUT2D eigenvalue weighted by atomic mass is 32.2. The second-order valence-electron chi connectivity index (χ2n) is 5.85. The summed E-state index contributed by atoms with van der Waals surface area (Å²) >= 11 is 0. The van der Waals surface area contributed by atoms with Gasteiger partial charge in [-0.1, -0.05) is 6.07 Å². The molecular formula is C15H16N4O4S. The highest BCUT2D eigenvalue weighted by Crippen LogP contribution is 2.16. The Hall–Kier alpha value is -2.86. The van der Waals surface area contributed by atoms with Crippen LogP contribution in [-0.2, 0) is 14.8 Å². The molecule has 0 spiro atoms. The van der Waals surface area contributed by atoms with Crippen LogP contribution in [0, 0.1) is 11.3 Å². The van der Waals surface area contributed by atoms with Crippen molar-refractivity contribution < 1.29 is 17.9 Å². The lowest BCUT2D eigenvalue weighted by Gasteiger charge is -2.19. The molecule has 0 fully saturated rings. The number of rotatable bonds is 3. The first-order valence-corrected chi connectivity index (χ1v) is 8.37. The molecule has 2 aromatic rings. The smallest absolute Gasteiger partial charge is 0.413 e. The zero-order valence-corrected chi connectivity index (χ0v) is 14.2. The number of carbonyl (C=O) groups is 1. The molecule has 1 N–H and O–H groups in total. The van der Waals surface area contributed by atoms with Crippen LogP contribution in [0.3, 0.4) is 0 Å². The molecule has 0 aliphatic heterocycles. The molecule has 1 amide bonds. The van der Waals surface area contributed by atoms with Gasteiger partial charge in [0.2, 0.25) is 0 Å². The average Bonchev–Trinajstić information content (AvgIpc) is 2.94. The second kappa shape index (κ2) is 6.33. The largest absolute Gasteiger partial charge is 0.444 e. The molecule has 0 saturated carbocycles. The summed E-state index contributed by atoms with van der Waals surface area (Å²) in [6, 6.07) is 8.78. The molecule has 0 unspecified atom stereocenters. The van der Waals surface area contributed by atoms with Crippen molar-refractivity contribution in [2.45, 2.75) is 31.3 Å². The van der Waals surface area contributed by atoms with Crippen LogP contribution in [0.25, 0.3) is 0 Å². The van der Waals surface area contributed by atoms with E-state index in [1.807, 2.05) is 6.07 Å². The number of benzene rings is 1. The monoisotopic (exact) mass is 348 g/mol. The minimum absolute atomic E-state index is 0.0317. The Bertz CT molecular complexity index is 904. The molecule has 9 heteroatoms. The molecule has 0 radical (unpaired) electrons. The van der Waals surface area contributed by atoms with Gasteiger partial charge in [0.1, 0.15) is 5.60 Å². The minimum atomic E-state index is -3.96. The molecule has 0 bridgehead atoms. The van der Waals surface area contributed by atoms with E-state index in [4.69, 9.17) is 10.00 Å². The molecule has 0 aliphatic carbocycles. The summed E-state index contributed by atoms with van der Waals surface area (Å²) in [5.74, 6) is 0.0317. The fraction of sp³-hybridized carbons (Fsp3) is 0.267. The molecule has 0 aliphatic rings. The topological polar surface area (TPSA) is 114 Å². The predicted molar refractivity (Wildman–Crippen MR) is 85.8 cm³/mol. The van der Waals surface area contributed by atoms with Crippen LogP contribution >= 0.6 is 0 Å². The van der Waals surface area contributed by atoms with Gasteiger partial charge in [-0.05, 0) is 39.0 Å². The van der Waals surface area contributed by atoms with Crippen molar-refractivity contribution >= 4 is 21.9 Å². The number of nitrogens with one attached hydrogen (secondary N) is 1. The Morgan fingerprint density at radius 1 is 1.33 bits per heavy atom. The third kappa shape index (κ3) is 4.11. The maximum atomic E-state index is 12.5. The Morgan fingerprint density at radius 2 is 2.04 bits per heavy atom. The number of hydrogen-bond donors (Lipinski definition) is 1. The van der Waals surface area contributed by atoms with Crippen LogP contribution in [0.2, 0.25) is 0 Å². The van der Waals surface area contributed by atoms with Crippen molar-refractivity contribution in [2.24, 2.45) is 0 Å². The summed E-state index contributed by atoms with van der Waals surface area (Å²) in [6.45, 7) is 5.12. The van der Waals surface area contributed by atoms with Gasteiger partial charge in [-0.2, -0.15) is 17.8 Å². The second-order valence-corrected chi connectivity index (χ2v) is 7.64. The summed E-state index contributed by atoms with van der Waals surface area (Å²) in [5, 5.41) is 15.0. The number of amides is 1. The standard InChI is InChI=1S/C15H16N4O4S/c1-15(2,3)23-14(20)17-13-7-8-19(18-13)24(21,22)12-6-4-5-11(9-12)10-16/h4-9H,1-3H3,(H,17,18,20). The van der Waals surface area contributed by atoms with Crippen LogP contribution in [0.15, 0.2) is 41.4 Å². The van der Waals surface area contributed by atoms with E-state index >= 15 is 0 Å². The van der Waals surface area contributed by atoms with E-state index in [1.54, 1.807) is 20.8 Å². The molecule has 8 nitrogen and oxygen atoms in total. The van der Waals surface area contributed by atoms with Gasteiger partial charge in [-0.3, -0.25) is 5.32 Å². The Labute approximate surface area is 139 Å². The highest BCUT2D eigenvalue weighted by Gasteiger charge is 2.21. The lowest BCUT2D eigenvalue weighted by molar-refractivity contribution is 0.0635. The number of ether oxygens (including phenoxy) is 1. The van der Waals surface area contributed by atoms with Gasteiger partial charge in [0.25, 0.3) is 10.0 Å². The van der Waals surface area contributed by atoms with Gasteiger partial charge in [-0.15, -0.1) is 5.10 Å². The van der Waals surface area contributed by atoms with Crippen molar-refractivity contribution in [3.63, 3.8) is 0 Å². The molecule has 1 heterocycles. The summed E-state index contributed by atoms with van der Waals surface area (Å²) in [5.41, 5.74) is -0.466. The van der Waals surface area contributed by atoms with E-state index in [0.717, 1.165) is 4.09 Å². The number of nitrogens with zero attached hydrogens (tertiary/aromatic N) is 3. The first-order valence-electron chi connectivity index (χ1n) is 6.93. The van der Waals surface area contributed by atoms with Crippen molar-refractivity contribution in [1.29, 1.82) is 5.26 Å². The van der Waals surface area contributed by atoms with Crippen LogP contribution < -0.4 is 5.32 Å². The average molecular weight is 348 g/mol. The zero-order chi connectivity index (χ0) is 18.0. The van der Waals surface area contributed by atoms with Crippen LogP contribution in [0.5, 0.6) is 0 Å². The molecule has 126 valence electrons. The normalized spacial score (nSPS) is 11.6. The number of carbonyl (C=O) groups excluding carboxylic acids is 1. The van der Waals surface area contributed by atoms with Gasteiger partial charge < -0.3 is 4.74 Å². The zero-order valence-electron chi connectivity index (χ0n) is 13.3. The number of nitriles is 1. The molecule has 0 saturated heterocycles. The molecule has 1 aromatic carbocycles. The summed E-state index contributed by atoms with van der Waals surface area (Å²) < 4.78 is 30.7.